The van der Waals surface area contributed by atoms with Crippen molar-refractivity contribution in [1.29, 1.82) is 0 Å². The molecule has 0 spiro atoms. The highest BCUT2D eigenvalue weighted by molar-refractivity contribution is 5.85. The van der Waals surface area contributed by atoms with Crippen molar-refractivity contribution in [2.75, 3.05) is 0 Å². The summed E-state index contributed by atoms with van der Waals surface area (Å²) >= 11 is 0. The van der Waals surface area contributed by atoms with Gasteiger partial charge >= 0.3 is 5.97 Å². The summed E-state index contributed by atoms with van der Waals surface area (Å²) in [6.45, 7) is 0. The minimum atomic E-state index is -1.10. The summed E-state index contributed by atoms with van der Waals surface area (Å²) in [6.07, 6.45) is 0.140. The first-order valence-corrected chi connectivity index (χ1v) is 6.85. The maximum atomic E-state index is 13.1. The molecule has 0 aliphatic carbocycles. The zero-order valence-corrected chi connectivity index (χ0v) is 11.8. The first-order valence-electron chi connectivity index (χ1n) is 6.85. The van der Waals surface area contributed by atoms with E-state index in [1.165, 1.54) is 18.2 Å². The number of halogens is 1. The summed E-state index contributed by atoms with van der Waals surface area (Å²) in [5.41, 5.74) is 1.32. The van der Waals surface area contributed by atoms with Crippen molar-refractivity contribution in [1.82, 2.24) is 5.32 Å². The van der Waals surface area contributed by atoms with Gasteiger partial charge in [-0.25, -0.2) is 9.18 Å². The van der Waals surface area contributed by atoms with Gasteiger partial charge in [-0.2, -0.15) is 0 Å². The van der Waals surface area contributed by atoms with Gasteiger partial charge in [0.1, 0.15) is 11.9 Å². The molecule has 0 aliphatic heterocycles. The van der Waals surface area contributed by atoms with E-state index in [4.69, 9.17) is 0 Å². The normalized spacial score (nSPS) is 11.7. The summed E-state index contributed by atoms with van der Waals surface area (Å²) in [7, 11) is 0. The quantitative estimate of drug-likeness (QED) is 0.859. The summed E-state index contributed by atoms with van der Waals surface area (Å²) < 4.78 is 13.1. The Bertz CT molecular complexity index is 658. The second kappa shape index (κ2) is 7.36. The average Bonchev–Trinajstić information content (AvgIpc) is 2.47. The molecular weight excluding hydrogens is 285 g/mol. The van der Waals surface area contributed by atoms with Crippen LogP contribution in [0.5, 0.6) is 0 Å². The van der Waals surface area contributed by atoms with Crippen LogP contribution >= 0.6 is 0 Å². The van der Waals surface area contributed by atoms with Crippen molar-refractivity contribution >= 4 is 11.9 Å². The van der Waals surface area contributed by atoms with E-state index >= 15 is 0 Å². The first kappa shape index (κ1) is 15.7. The van der Waals surface area contributed by atoms with Crippen molar-refractivity contribution in [3.8, 4) is 0 Å². The predicted octanol–water partition coefficient (Wildman–Crippen LogP) is 2.18. The van der Waals surface area contributed by atoms with Crippen LogP contribution in [0.1, 0.15) is 11.1 Å². The van der Waals surface area contributed by atoms with Crippen LogP contribution in [0.15, 0.2) is 54.6 Å². The summed E-state index contributed by atoms with van der Waals surface area (Å²) in [6, 6.07) is 13.7. The Morgan fingerprint density at radius 2 is 1.73 bits per heavy atom. The van der Waals surface area contributed by atoms with E-state index in [0.717, 1.165) is 5.56 Å². The number of carbonyl (C=O) groups is 2. The first-order chi connectivity index (χ1) is 10.5. The topological polar surface area (TPSA) is 66.4 Å². The molecule has 2 N–H and O–H groups in total. The van der Waals surface area contributed by atoms with E-state index in [1.807, 2.05) is 18.2 Å². The number of carboxylic acids is 1. The van der Waals surface area contributed by atoms with E-state index in [0.29, 0.717) is 5.56 Å². The molecule has 2 aromatic carbocycles. The largest absolute Gasteiger partial charge is 0.480 e. The fourth-order valence-corrected chi connectivity index (χ4v) is 2.13. The van der Waals surface area contributed by atoms with Crippen molar-refractivity contribution in [3.63, 3.8) is 0 Å². The monoisotopic (exact) mass is 301 g/mol. The van der Waals surface area contributed by atoms with Crippen molar-refractivity contribution in [2.45, 2.75) is 18.9 Å². The SMILES string of the molecule is O=C(Cc1cccc(F)c1)N[C@@H](Cc1ccccc1)C(=O)O. The minimum absolute atomic E-state index is 0.0592. The van der Waals surface area contributed by atoms with Gasteiger partial charge < -0.3 is 10.4 Å². The summed E-state index contributed by atoms with van der Waals surface area (Å²) in [5, 5.41) is 11.7. The predicted molar refractivity (Wildman–Crippen MR) is 79.8 cm³/mol. The molecule has 0 unspecified atom stereocenters. The summed E-state index contributed by atoms with van der Waals surface area (Å²) in [5.74, 6) is -1.98. The Morgan fingerprint density at radius 1 is 1.05 bits per heavy atom. The van der Waals surface area contributed by atoms with Gasteiger partial charge in [0.05, 0.1) is 6.42 Å². The highest BCUT2D eigenvalue weighted by atomic mass is 19.1. The number of benzene rings is 2. The number of carbonyl (C=O) groups excluding carboxylic acids is 1. The molecule has 1 amide bonds. The third-order valence-electron chi connectivity index (χ3n) is 3.17. The van der Waals surface area contributed by atoms with Gasteiger partial charge in [0.15, 0.2) is 0 Å². The van der Waals surface area contributed by atoms with Crippen LogP contribution < -0.4 is 5.32 Å². The van der Waals surface area contributed by atoms with Crippen molar-refractivity contribution in [3.05, 3.63) is 71.5 Å². The van der Waals surface area contributed by atoms with Crippen LogP contribution in [0.25, 0.3) is 0 Å². The number of carboxylic acid groups (broad SMARTS) is 1. The molecule has 1 atom stereocenters. The van der Waals surface area contributed by atoms with Gasteiger partial charge in [-0.05, 0) is 23.3 Å². The highest BCUT2D eigenvalue weighted by Crippen LogP contribution is 2.06. The lowest BCUT2D eigenvalue weighted by molar-refractivity contribution is -0.141. The van der Waals surface area contributed by atoms with E-state index < -0.39 is 23.7 Å². The molecule has 2 aromatic rings. The third-order valence-corrected chi connectivity index (χ3v) is 3.17. The average molecular weight is 301 g/mol. The molecule has 0 saturated heterocycles. The molecule has 0 radical (unpaired) electrons. The zero-order chi connectivity index (χ0) is 15.9. The summed E-state index contributed by atoms with van der Waals surface area (Å²) in [4.78, 5) is 23.2. The minimum Gasteiger partial charge on any atom is -0.480 e. The lowest BCUT2D eigenvalue weighted by Crippen LogP contribution is -2.43. The Balaban J connectivity index is 1.98. The lowest BCUT2D eigenvalue weighted by atomic mass is 10.1. The van der Waals surface area contributed by atoms with Crippen LogP contribution in [0.4, 0.5) is 4.39 Å². The Kier molecular flexibility index (Phi) is 5.25. The fraction of sp³-hybridized carbons (Fsp3) is 0.176. The van der Waals surface area contributed by atoms with Crippen LogP contribution in [0.3, 0.4) is 0 Å². The van der Waals surface area contributed by atoms with Crippen molar-refractivity contribution < 1.29 is 19.1 Å². The van der Waals surface area contributed by atoms with E-state index in [9.17, 15) is 19.1 Å². The van der Waals surface area contributed by atoms with Gasteiger partial charge in [0, 0.05) is 6.42 Å². The molecule has 2 rings (SSSR count). The lowest BCUT2D eigenvalue weighted by Gasteiger charge is -2.14. The number of nitrogens with one attached hydrogen (secondary N) is 1. The maximum absolute atomic E-state index is 13.1. The molecule has 5 heteroatoms. The molecule has 114 valence electrons. The fourth-order valence-electron chi connectivity index (χ4n) is 2.13. The van der Waals surface area contributed by atoms with Gasteiger partial charge in [-0.1, -0.05) is 42.5 Å². The van der Waals surface area contributed by atoms with E-state index in [1.54, 1.807) is 18.2 Å². The number of aliphatic carboxylic acids is 1. The molecule has 22 heavy (non-hydrogen) atoms. The second-order valence-electron chi connectivity index (χ2n) is 4.95. The van der Waals surface area contributed by atoms with Crippen LogP contribution in [-0.2, 0) is 22.4 Å². The van der Waals surface area contributed by atoms with Crippen molar-refractivity contribution in [2.24, 2.45) is 0 Å². The Labute approximate surface area is 127 Å². The number of amides is 1. The molecular formula is C17H16FNO3. The van der Waals surface area contributed by atoms with E-state index in [-0.39, 0.29) is 12.8 Å². The van der Waals surface area contributed by atoms with Crippen LogP contribution in [-0.4, -0.2) is 23.0 Å². The molecule has 0 bridgehead atoms. The van der Waals surface area contributed by atoms with Gasteiger partial charge in [-0.3, -0.25) is 4.79 Å². The molecule has 4 nitrogen and oxygen atoms in total. The molecule has 0 saturated carbocycles. The Hall–Kier alpha value is -2.69. The van der Waals surface area contributed by atoms with Crippen LogP contribution in [0.2, 0.25) is 0 Å². The smallest absolute Gasteiger partial charge is 0.326 e. The molecule has 0 aromatic heterocycles. The number of rotatable bonds is 6. The van der Waals surface area contributed by atoms with Gasteiger partial charge in [-0.15, -0.1) is 0 Å². The van der Waals surface area contributed by atoms with E-state index in [2.05, 4.69) is 5.32 Å². The molecule has 0 heterocycles. The third kappa shape index (κ3) is 4.70. The van der Waals surface area contributed by atoms with Gasteiger partial charge in [0.2, 0.25) is 5.91 Å². The van der Waals surface area contributed by atoms with Crippen LogP contribution in [0, 0.1) is 5.82 Å². The second-order valence-corrected chi connectivity index (χ2v) is 4.95. The van der Waals surface area contributed by atoms with Gasteiger partial charge in [0.25, 0.3) is 0 Å². The number of hydrogen-bond acceptors (Lipinski definition) is 2. The molecule has 0 fully saturated rings. The Morgan fingerprint density at radius 3 is 2.36 bits per heavy atom. The molecule has 0 aliphatic rings. The zero-order valence-electron chi connectivity index (χ0n) is 11.8. The standard InChI is InChI=1S/C17H16FNO3/c18-14-8-4-7-13(9-14)11-16(20)19-15(17(21)22)10-12-5-2-1-3-6-12/h1-9,15H,10-11H2,(H,19,20)(H,21,22)/t15-/m0/s1. The highest BCUT2D eigenvalue weighted by Gasteiger charge is 2.20. The maximum Gasteiger partial charge on any atom is 0.326 e. The number of hydrogen-bond donors (Lipinski definition) is 2.